The van der Waals surface area contributed by atoms with Crippen LogP contribution in [0.25, 0.3) is 0 Å². The highest BCUT2D eigenvalue weighted by Crippen LogP contribution is 2.12. The van der Waals surface area contributed by atoms with Gasteiger partial charge in [0.05, 0.1) is 0 Å². The van der Waals surface area contributed by atoms with E-state index < -0.39 is 0 Å². The lowest BCUT2D eigenvalue weighted by molar-refractivity contribution is -0.144. The van der Waals surface area contributed by atoms with E-state index in [1.165, 1.54) is 64.2 Å². The molecule has 0 radical (unpaired) electrons. The largest absolute Gasteiger partial charge is 0.490 e. The number of esters is 1. The van der Waals surface area contributed by atoms with Gasteiger partial charge >= 0.3 is 5.97 Å². The molecule has 0 unspecified atom stereocenters. The van der Waals surface area contributed by atoms with Gasteiger partial charge in [-0.2, -0.15) is 0 Å². The van der Waals surface area contributed by atoms with Gasteiger partial charge in [-0.3, -0.25) is 4.79 Å². The summed E-state index contributed by atoms with van der Waals surface area (Å²) in [6.07, 6.45) is 16.2. The Labute approximate surface area is 160 Å². The van der Waals surface area contributed by atoms with Crippen LogP contribution in [0.1, 0.15) is 90.4 Å². The number of unbranched alkanes of at least 4 members (excludes halogenated alkanes) is 11. The first-order valence-corrected chi connectivity index (χ1v) is 10.7. The van der Waals surface area contributed by atoms with Crippen LogP contribution < -0.4 is 4.74 Å². The summed E-state index contributed by atoms with van der Waals surface area (Å²) in [4.78, 5) is 11.7. The highest BCUT2D eigenvalue weighted by atomic mass is 16.6. The quantitative estimate of drug-likeness (QED) is 0.228. The van der Waals surface area contributed by atoms with E-state index in [9.17, 15) is 4.79 Å². The number of carbonyl (C=O) groups is 1. The van der Waals surface area contributed by atoms with Crippen LogP contribution in [0.3, 0.4) is 0 Å². The van der Waals surface area contributed by atoms with Crippen molar-refractivity contribution >= 4 is 5.97 Å². The molecule has 0 heterocycles. The van der Waals surface area contributed by atoms with Gasteiger partial charge in [-0.1, -0.05) is 95.8 Å². The van der Waals surface area contributed by atoms with Gasteiger partial charge in [-0.25, -0.2) is 0 Å². The van der Waals surface area contributed by atoms with Gasteiger partial charge in [0.1, 0.15) is 19.0 Å². The van der Waals surface area contributed by atoms with Crippen LogP contribution in [-0.4, -0.2) is 19.2 Å². The Balaban J connectivity index is 1.79. The smallest absolute Gasteiger partial charge is 0.305 e. The second-order valence-electron chi connectivity index (χ2n) is 7.02. The molecule has 26 heavy (non-hydrogen) atoms. The van der Waals surface area contributed by atoms with E-state index in [0.717, 1.165) is 18.6 Å². The molecule has 3 nitrogen and oxygen atoms in total. The molecule has 0 aliphatic heterocycles. The first-order chi connectivity index (χ1) is 12.8. The maximum Gasteiger partial charge on any atom is 0.305 e. The maximum atomic E-state index is 11.7. The number of hydrogen-bond donors (Lipinski definition) is 0. The second-order valence-corrected chi connectivity index (χ2v) is 7.02. The van der Waals surface area contributed by atoms with Crippen LogP contribution in [0.15, 0.2) is 30.3 Å². The van der Waals surface area contributed by atoms with Crippen LogP contribution in [0.2, 0.25) is 0 Å². The molecule has 3 heteroatoms. The van der Waals surface area contributed by atoms with Crippen LogP contribution >= 0.6 is 0 Å². The summed E-state index contributed by atoms with van der Waals surface area (Å²) in [5.74, 6) is 0.707. The molecule has 1 aromatic rings. The van der Waals surface area contributed by atoms with E-state index in [1.807, 2.05) is 30.3 Å². The van der Waals surface area contributed by atoms with Gasteiger partial charge in [0.25, 0.3) is 0 Å². The lowest BCUT2D eigenvalue weighted by atomic mass is 10.0. The zero-order valence-corrected chi connectivity index (χ0v) is 16.7. The summed E-state index contributed by atoms with van der Waals surface area (Å²) >= 11 is 0. The number of benzene rings is 1. The summed E-state index contributed by atoms with van der Waals surface area (Å²) < 4.78 is 10.7. The lowest BCUT2D eigenvalue weighted by Crippen LogP contribution is -2.11. The normalized spacial score (nSPS) is 10.7. The van der Waals surface area contributed by atoms with E-state index in [4.69, 9.17) is 9.47 Å². The molecule has 0 aliphatic rings. The molecule has 0 saturated carbocycles. The molecule has 0 aromatic heterocycles. The predicted octanol–water partition coefficient (Wildman–Crippen LogP) is 6.70. The number of para-hydroxylation sites is 1. The van der Waals surface area contributed by atoms with Gasteiger partial charge in [0, 0.05) is 6.42 Å². The average Bonchev–Trinajstić information content (AvgIpc) is 2.67. The first-order valence-electron chi connectivity index (χ1n) is 10.7. The van der Waals surface area contributed by atoms with Crippen LogP contribution in [0.5, 0.6) is 5.75 Å². The summed E-state index contributed by atoms with van der Waals surface area (Å²) in [7, 11) is 0. The fourth-order valence-electron chi connectivity index (χ4n) is 3.01. The van der Waals surface area contributed by atoms with Crippen molar-refractivity contribution in [2.24, 2.45) is 0 Å². The van der Waals surface area contributed by atoms with E-state index in [-0.39, 0.29) is 5.97 Å². The predicted molar refractivity (Wildman–Crippen MR) is 109 cm³/mol. The van der Waals surface area contributed by atoms with E-state index >= 15 is 0 Å². The molecule has 1 rings (SSSR count). The summed E-state index contributed by atoms with van der Waals surface area (Å²) in [5, 5.41) is 0. The van der Waals surface area contributed by atoms with Crippen molar-refractivity contribution in [2.45, 2.75) is 90.4 Å². The molecule has 0 atom stereocenters. The molecular weight excluding hydrogens is 324 g/mol. The third kappa shape index (κ3) is 13.7. The third-order valence-corrected chi connectivity index (χ3v) is 4.59. The number of ether oxygens (including phenoxy) is 2. The van der Waals surface area contributed by atoms with E-state index in [0.29, 0.717) is 19.6 Å². The minimum absolute atomic E-state index is 0.103. The molecule has 0 N–H and O–H groups in total. The molecule has 0 spiro atoms. The number of hydrogen-bond acceptors (Lipinski definition) is 3. The third-order valence-electron chi connectivity index (χ3n) is 4.59. The Morgan fingerprint density at radius 2 is 1.27 bits per heavy atom. The van der Waals surface area contributed by atoms with Crippen molar-refractivity contribution in [3.63, 3.8) is 0 Å². The summed E-state index contributed by atoms with van der Waals surface area (Å²) in [5.41, 5.74) is 0. The molecule has 0 aliphatic carbocycles. The molecule has 0 fully saturated rings. The molecule has 148 valence electrons. The Hall–Kier alpha value is -1.51. The molecule has 0 amide bonds. The molecule has 0 saturated heterocycles. The fourth-order valence-corrected chi connectivity index (χ4v) is 3.01. The lowest BCUT2D eigenvalue weighted by Gasteiger charge is -2.07. The van der Waals surface area contributed by atoms with Gasteiger partial charge < -0.3 is 9.47 Å². The van der Waals surface area contributed by atoms with Crippen LogP contribution in [0.4, 0.5) is 0 Å². The minimum Gasteiger partial charge on any atom is -0.490 e. The SMILES string of the molecule is CCCCCCCCCCCCCCC(=O)OCCOc1ccccc1. The Morgan fingerprint density at radius 1 is 0.731 bits per heavy atom. The van der Waals surface area contributed by atoms with Crippen molar-refractivity contribution in [1.29, 1.82) is 0 Å². The molecular formula is C23H38O3. The highest BCUT2D eigenvalue weighted by Gasteiger charge is 2.03. The highest BCUT2D eigenvalue weighted by molar-refractivity contribution is 5.69. The maximum absolute atomic E-state index is 11.7. The number of carbonyl (C=O) groups excluding carboxylic acids is 1. The van der Waals surface area contributed by atoms with Crippen molar-refractivity contribution in [3.8, 4) is 5.75 Å². The fraction of sp³-hybridized carbons (Fsp3) is 0.696. The van der Waals surface area contributed by atoms with Gasteiger partial charge in [0.15, 0.2) is 0 Å². The minimum atomic E-state index is -0.103. The van der Waals surface area contributed by atoms with Gasteiger partial charge in [-0.05, 0) is 18.6 Å². The Bertz CT molecular complexity index is 430. The zero-order chi connectivity index (χ0) is 18.7. The van der Waals surface area contributed by atoms with Crippen molar-refractivity contribution in [1.82, 2.24) is 0 Å². The van der Waals surface area contributed by atoms with Gasteiger partial charge in [0.2, 0.25) is 0 Å². The van der Waals surface area contributed by atoms with E-state index in [2.05, 4.69) is 6.92 Å². The molecule has 1 aromatic carbocycles. The first kappa shape index (κ1) is 22.5. The van der Waals surface area contributed by atoms with Crippen LogP contribution in [-0.2, 0) is 9.53 Å². The monoisotopic (exact) mass is 362 g/mol. The standard InChI is InChI=1S/C23H38O3/c1-2-3-4-5-6-7-8-9-10-11-12-16-19-23(24)26-21-20-25-22-17-14-13-15-18-22/h13-15,17-18H,2-12,16,19-21H2,1H3. The Morgan fingerprint density at radius 3 is 1.85 bits per heavy atom. The van der Waals surface area contributed by atoms with E-state index in [1.54, 1.807) is 0 Å². The van der Waals surface area contributed by atoms with Crippen LogP contribution in [0, 0.1) is 0 Å². The van der Waals surface area contributed by atoms with Gasteiger partial charge in [-0.15, -0.1) is 0 Å². The topological polar surface area (TPSA) is 35.5 Å². The Kier molecular flexibility index (Phi) is 14.7. The van der Waals surface area contributed by atoms with Crippen molar-refractivity contribution < 1.29 is 14.3 Å². The average molecular weight is 363 g/mol. The molecule has 0 bridgehead atoms. The summed E-state index contributed by atoms with van der Waals surface area (Å²) in [6, 6.07) is 9.59. The second kappa shape index (κ2) is 16.9. The number of rotatable bonds is 17. The zero-order valence-electron chi connectivity index (χ0n) is 16.7. The van der Waals surface area contributed by atoms with Crippen molar-refractivity contribution in [2.75, 3.05) is 13.2 Å². The van der Waals surface area contributed by atoms with Crippen molar-refractivity contribution in [3.05, 3.63) is 30.3 Å². The summed E-state index contributed by atoms with van der Waals surface area (Å²) in [6.45, 7) is 3.00.